The summed E-state index contributed by atoms with van der Waals surface area (Å²) in [7, 11) is 1.87. The molecule has 21 heavy (non-hydrogen) atoms. The molecule has 0 fully saturated rings. The number of rotatable bonds is 7. The fourth-order valence-electron chi connectivity index (χ4n) is 1.72. The summed E-state index contributed by atoms with van der Waals surface area (Å²) in [6, 6.07) is 14.7. The van der Waals surface area contributed by atoms with E-state index in [0.717, 1.165) is 11.5 Å². The molecule has 0 aliphatic heterocycles. The fourth-order valence-corrected chi connectivity index (χ4v) is 2.08. The van der Waals surface area contributed by atoms with Gasteiger partial charge in [-0.25, -0.2) is 0 Å². The van der Waals surface area contributed by atoms with Crippen molar-refractivity contribution in [3.8, 4) is 11.5 Å². The molecule has 0 amide bonds. The molecule has 112 valence electrons. The molecule has 2 aromatic rings. The van der Waals surface area contributed by atoms with Crippen molar-refractivity contribution in [1.82, 2.24) is 5.32 Å². The second-order valence-corrected chi connectivity index (χ2v) is 5.40. The molecule has 5 heteroatoms. The van der Waals surface area contributed by atoms with Crippen LogP contribution in [0.3, 0.4) is 0 Å². The van der Waals surface area contributed by atoms with Gasteiger partial charge in [0.2, 0.25) is 0 Å². The van der Waals surface area contributed by atoms with Gasteiger partial charge in [0.1, 0.15) is 24.7 Å². The molecule has 1 N–H and O–H groups in total. The van der Waals surface area contributed by atoms with Gasteiger partial charge in [-0.1, -0.05) is 35.3 Å². The highest BCUT2D eigenvalue weighted by molar-refractivity contribution is 6.31. The molecule has 0 unspecified atom stereocenters. The summed E-state index contributed by atoms with van der Waals surface area (Å²) in [5.74, 6) is 1.48. The van der Waals surface area contributed by atoms with Crippen molar-refractivity contribution in [3.63, 3.8) is 0 Å². The Morgan fingerprint density at radius 2 is 1.38 bits per heavy atom. The Morgan fingerprint density at radius 3 is 1.76 bits per heavy atom. The second kappa shape index (κ2) is 8.13. The Hall–Kier alpha value is -1.42. The zero-order valence-electron chi connectivity index (χ0n) is 11.7. The van der Waals surface area contributed by atoms with E-state index in [2.05, 4.69) is 5.32 Å². The molecule has 0 bridgehead atoms. The number of hydrogen-bond donors (Lipinski definition) is 1. The van der Waals surface area contributed by atoms with Crippen LogP contribution < -0.4 is 14.8 Å². The summed E-state index contributed by atoms with van der Waals surface area (Å²) in [6.07, 6.45) is 0. The first kappa shape index (κ1) is 16.0. The van der Waals surface area contributed by atoms with E-state index in [9.17, 15) is 0 Å². The first-order valence-electron chi connectivity index (χ1n) is 6.61. The standard InChI is InChI=1S/C16H17Cl2NO2/c1-19-14(10-20-15-6-2-4-12(17)8-15)11-21-16-7-3-5-13(18)9-16/h2-9,14,19H,10-11H2,1H3. The molecule has 0 heterocycles. The van der Waals surface area contributed by atoms with Crippen molar-refractivity contribution in [1.29, 1.82) is 0 Å². The lowest BCUT2D eigenvalue weighted by molar-refractivity contribution is 0.202. The van der Waals surface area contributed by atoms with Crippen LogP contribution in [0, 0.1) is 0 Å². The van der Waals surface area contributed by atoms with Crippen LogP contribution in [0.25, 0.3) is 0 Å². The average Bonchev–Trinajstić information content (AvgIpc) is 2.47. The van der Waals surface area contributed by atoms with Crippen molar-refractivity contribution < 1.29 is 9.47 Å². The van der Waals surface area contributed by atoms with Crippen LogP contribution >= 0.6 is 23.2 Å². The molecule has 0 aliphatic rings. The molecule has 2 aromatic carbocycles. The van der Waals surface area contributed by atoms with Crippen molar-refractivity contribution in [2.24, 2.45) is 0 Å². The van der Waals surface area contributed by atoms with E-state index >= 15 is 0 Å². The lowest BCUT2D eigenvalue weighted by Gasteiger charge is -2.18. The Kier molecular flexibility index (Phi) is 6.18. The highest BCUT2D eigenvalue weighted by Crippen LogP contribution is 2.18. The van der Waals surface area contributed by atoms with E-state index in [4.69, 9.17) is 32.7 Å². The van der Waals surface area contributed by atoms with Gasteiger partial charge in [0.15, 0.2) is 0 Å². The van der Waals surface area contributed by atoms with Gasteiger partial charge >= 0.3 is 0 Å². The quantitative estimate of drug-likeness (QED) is 0.833. The number of halogens is 2. The van der Waals surface area contributed by atoms with Crippen LogP contribution in [0.4, 0.5) is 0 Å². The van der Waals surface area contributed by atoms with Crippen LogP contribution in [0.2, 0.25) is 10.0 Å². The average molecular weight is 326 g/mol. The monoisotopic (exact) mass is 325 g/mol. The first-order valence-corrected chi connectivity index (χ1v) is 7.37. The Bertz CT molecular complexity index is 528. The van der Waals surface area contributed by atoms with Gasteiger partial charge in [0, 0.05) is 10.0 Å². The minimum Gasteiger partial charge on any atom is -0.492 e. The smallest absolute Gasteiger partial charge is 0.120 e. The molecule has 0 saturated heterocycles. The minimum atomic E-state index is 0.0583. The molecule has 0 aliphatic carbocycles. The van der Waals surface area contributed by atoms with E-state index in [1.165, 1.54) is 0 Å². The number of likely N-dealkylation sites (N-methyl/N-ethyl adjacent to an activating group) is 1. The van der Waals surface area contributed by atoms with E-state index < -0.39 is 0 Å². The van der Waals surface area contributed by atoms with Crippen LogP contribution in [0.15, 0.2) is 48.5 Å². The maximum absolute atomic E-state index is 5.92. The summed E-state index contributed by atoms with van der Waals surface area (Å²) in [6.45, 7) is 0.967. The Balaban J connectivity index is 1.83. The van der Waals surface area contributed by atoms with Crippen LogP contribution in [-0.2, 0) is 0 Å². The minimum absolute atomic E-state index is 0.0583. The Labute approximate surface area is 134 Å². The fraction of sp³-hybridized carbons (Fsp3) is 0.250. The van der Waals surface area contributed by atoms with Crippen LogP contribution in [-0.4, -0.2) is 26.3 Å². The van der Waals surface area contributed by atoms with Crippen molar-refractivity contribution in [3.05, 3.63) is 58.6 Å². The molecule has 0 aromatic heterocycles. The normalized spacial score (nSPS) is 10.7. The van der Waals surface area contributed by atoms with Gasteiger partial charge in [-0.3, -0.25) is 0 Å². The molecule has 2 rings (SSSR count). The number of nitrogens with one attached hydrogen (secondary N) is 1. The molecular weight excluding hydrogens is 309 g/mol. The third-order valence-electron chi connectivity index (χ3n) is 2.90. The third-order valence-corrected chi connectivity index (χ3v) is 3.37. The SMILES string of the molecule is CNC(COc1cccc(Cl)c1)COc1cccc(Cl)c1. The van der Waals surface area contributed by atoms with Gasteiger partial charge in [-0.2, -0.15) is 0 Å². The van der Waals surface area contributed by atoms with Gasteiger partial charge in [0.05, 0.1) is 6.04 Å². The molecule has 0 radical (unpaired) electrons. The molecular formula is C16H17Cl2NO2. The maximum Gasteiger partial charge on any atom is 0.120 e. The van der Waals surface area contributed by atoms with E-state index in [-0.39, 0.29) is 6.04 Å². The summed E-state index contributed by atoms with van der Waals surface area (Å²) < 4.78 is 11.4. The van der Waals surface area contributed by atoms with Crippen LogP contribution in [0.5, 0.6) is 11.5 Å². The molecule has 3 nitrogen and oxygen atoms in total. The van der Waals surface area contributed by atoms with Gasteiger partial charge < -0.3 is 14.8 Å². The maximum atomic E-state index is 5.92. The molecule has 0 saturated carbocycles. The predicted octanol–water partition coefficient (Wildman–Crippen LogP) is 4.04. The summed E-state index contributed by atoms with van der Waals surface area (Å²) in [4.78, 5) is 0. The predicted molar refractivity (Wildman–Crippen MR) is 86.7 cm³/mol. The lowest BCUT2D eigenvalue weighted by Crippen LogP contribution is -2.37. The van der Waals surface area contributed by atoms with Gasteiger partial charge in [0.25, 0.3) is 0 Å². The number of benzene rings is 2. The van der Waals surface area contributed by atoms with Crippen LogP contribution in [0.1, 0.15) is 0 Å². The molecule has 0 atom stereocenters. The Morgan fingerprint density at radius 1 is 0.905 bits per heavy atom. The van der Waals surface area contributed by atoms with Gasteiger partial charge in [-0.05, 0) is 43.4 Å². The lowest BCUT2D eigenvalue weighted by atomic mass is 10.3. The second-order valence-electron chi connectivity index (χ2n) is 4.52. The largest absolute Gasteiger partial charge is 0.492 e. The first-order chi connectivity index (χ1) is 10.2. The highest BCUT2D eigenvalue weighted by Gasteiger charge is 2.09. The number of hydrogen-bond acceptors (Lipinski definition) is 3. The molecule has 0 spiro atoms. The van der Waals surface area contributed by atoms with Crippen molar-refractivity contribution in [2.45, 2.75) is 6.04 Å². The van der Waals surface area contributed by atoms with E-state index in [1.54, 1.807) is 12.1 Å². The van der Waals surface area contributed by atoms with E-state index in [0.29, 0.717) is 23.3 Å². The summed E-state index contributed by atoms with van der Waals surface area (Å²) in [5.41, 5.74) is 0. The highest BCUT2D eigenvalue weighted by atomic mass is 35.5. The topological polar surface area (TPSA) is 30.5 Å². The van der Waals surface area contributed by atoms with Gasteiger partial charge in [-0.15, -0.1) is 0 Å². The van der Waals surface area contributed by atoms with Crippen molar-refractivity contribution in [2.75, 3.05) is 20.3 Å². The summed E-state index contributed by atoms with van der Waals surface area (Å²) in [5, 5.41) is 4.47. The third kappa shape index (κ3) is 5.46. The zero-order valence-corrected chi connectivity index (χ0v) is 13.2. The zero-order chi connectivity index (χ0) is 15.1. The number of ether oxygens (including phenoxy) is 2. The van der Waals surface area contributed by atoms with Crippen molar-refractivity contribution >= 4 is 23.2 Å². The van der Waals surface area contributed by atoms with E-state index in [1.807, 2.05) is 43.4 Å². The summed E-state index contributed by atoms with van der Waals surface area (Å²) >= 11 is 11.8.